The van der Waals surface area contributed by atoms with E-state index in [1.165, 1.54) is 6.92 Å². The first-order valence-corrected chi connectivity index (χ1v) is 8.92. The van der Waals surface area contributed by atoms with E-state index in [-0.39, 0.29) is 25.5 Å². The van der Waals surface area contributed by atoms with E-state index in [0.717, 1.165) is 11.8 Å². The van der Waals surface area contributed by atoms with Gasteiger partial charge in [-0.2, -0.15) is 0 Å². The van der Waals surface area contributed by atoms with Crippen molar-refractivity contribution >= 4 is 34.8 Å². The van der Waals surface area contributed by atoms with Crippen LogP contribution in [0.5, 0.6) is 0 Å². The molecule has 4 N–H and O–H groups in total. The van der Waals surface area contributed by atoms with Gasteiger partial charge in [0.05, 0.1) is 0 Å². The number of ether oxygens (including phenoxy) is 2. The van der Waals surface area contributed by atoms with Gasteiger partial charge in [0.15, 0.2) is 6.10 Å². The van der Waals surface area contributed by atoms with Gasteiger partial charge >= 0.3 is 11.3 Å². The Bertz CT molecular complexity index is 523. The first kappa shape index (κ1) is 21.2. The van der Waals surface area contributed by atoms with Crippen molar-refractivity contribution < 1.29 is 28.7 Å². The molecule has 2 amide bonds. The van der Waals surface area contributed by atoms with Gasteiger partial charge < -0.3 is 25.8 Å². The van der Waals surface area contributed by atoms with E-state index in [1.54, 1.807) is 13.8 Å². The second-order valence-electron chi connectivity index (χ2n) is 6.37. The molecule has 142 valence electrons. The fourth-order valence-electron chi connectivity index (χ4n) is 1.96. The summed E-state index contributed by atoms with van der Waals surface area (Å²) in [6, 6.07) is -0.902. The first-order chi connectivity index (χ1) is 11.6. The molecule has 1 saturated heterocycles. The van der Waals surface area contributed by atoms with Gasteiger partial charge in [0.2, 0.25) is 5.91 Å². The van der Waals surface area contributed by atoms with Crippen LogP contribution in [0.1, 0.15) is 27.2 Å². The lowest BCUT2D eigenvalue weighted by molar-refractivity contribution is -0.166. The summed E-state index contributed by atoms with van der Waals surface area (Å²) in [4.78, 5) is 47.6. The largest absolute Gasteiger partial charge is 0.457 e. The monoisotopic (exact) mass is 375 g/mol. The highest BCUT2D eigenvalue weighted by molar-refractivity contribution is 8.13. The van der Waals surface area contributed by atoms with E-state index >= 15 is 0 Å². The average molecular weight is 375 g/mol. The zero-order valence-corrected chi connectivity index (χ0v) is 15.4. The van der Waals surface area contributed by atoms with E-state index in [4.69, 9.17) is 15.2 Å². The smallest absolute Gasteiger partial charge is 0.367 e. The zero-order valence-electron chi connectivity index (χ0n) is 14.6. The topological polar surface area (TPSA) is 137 Å². The van der Waals surface area contributed by atoms with Crippen LogP contribution in [0.3, 0.4) is 0 Å². The fourth-order valence-corrected chi connectivity index (χ4v) is 2.47. The second kappa shape index (κ2) is 9.62. The van der Waals surface area contributed by atoms with Crippen LogP contribution in [0.4, 0.5) is 4.79 Å². The van der Waals surface area contributed by atoms with Gasteiger partial charge in [-0.1, -0.05) is 13.8 Å². The van der Waals surface area contributed by atoms with Crippen LogP contribution in [-0.4, -0.2) is 60.7 Å². The Morgan fingerprint density at radius 2 is 2.00 bits per heavy atom. The number of thioether (sulfide) groups is 1. The third-order valence-electron chi connectivity index (χ3n) is 3.41. The van der Waals surface area contributed by atoms with Crippen LogP contribution >= 0.6 is 11.8 Å². The molecule has 0 unspecified atom stereocenters. The maximum absolute atomic E-state index is 12.4. The van der Waals surface area contributed by atoms with E-state index < -0.39 is 34.7 Å². The number of rotatable bonds is 2. The molecule has 1 aliphatic heterocycles. The number of carbonyl (C=O) groups excluding carboxylic acids is 4. The zero-order chi connectivity index (χ0) is 19.0. The maximum atomic E-state index is 12.4. The minimum absolute atomic E-state index is 0.0786. The van der Waals surface area contributed by atoms with Gasteiger partial charge in [-0.05, 0) is 18.7 Å². The Balaban J connectivity index is 2.93. The van der Waals surface area contributed by atoms with Crippen LogP contribution in [0, 0.1) is 5.41 Å². The van der Waals surface area contributed by atoms with Gasteiger partial charge in [0, 0.05) is 30.7 Å². The third kappa shape index (κ3) is 7.30. The van der Waals surface area contributed by atoms with E-state index in [2.05, 4.69) is 10.6 Å². The molecular formula is C15H25N3O6S. The summed E-state index contributed by atoms with van der Waals surface area (Å²) in [6.45, 7) is 5.03. The van der Waals surface area contributed by atoms with Crippen molar-refractivity contribution in [2.45, 2.75) is 39.3 Å². The fraction of sp³-hybridized carbons (Fsp3) is 0.733. The first-order valence-electron chi connectivity index (χ1n) is 7.93. The normalized spacial score (nSPS) is 24.2. The molecule has 1 rings (SSSR count). The average Bonchev–Trinajstić information content (AvgIpc) is 2.53. The van der Waals surface area contributed by atoms with Gasteiger partial charge in [0.25, 0.3) is 5.91 Å². The van der Waals surface area contributed by atoms with Crippen molar-refractivity contribution in [3.63, 3.8) is 0 Å². The summed E-state index contributed by atoms with van der Waals surface area (Å²) < 4.78 is 10.4. The lowest BCUT2D eigenvalue weighted by Crippen LogP contribution is -2.50. The number of esters is 1. The van der Waals surface area contributed by atoms with E-state index in [9.17, 15) is 19.2 Å². The highest BCUT2D eigenvalue weighted by Gasteiger charge is 2.40. The van der Waals surface area contributed by atoms with Gasteiger partial charge in [-0.25, -0.2) is 4.79 Å². The molecule has 2 atom stereocenters. The molecule has 1 aliphatic rings. The molecule has 10 heteroatoms. The van der Waals surface area contributed by atoms with Gasteiger partial charge in [-0.3, -0.25) is 14.4 Å². The number of carbonyl (C=O) groups is 4. The van der Waals surface area contributed by atoms with E-state index in [1.807, 2.05) is 0 Å². The number of hydrogen-bond acceptors (Lipinski definition) is 8. The lowest BCUT2D eigenvalue weighted by atomic mass is 9.86. The Labute approximate surface area is 150 Å². The summed E-state index contributed by atoms with van der Waals surface area (Å²) in [5.74, 6) is -1.20. The standard InChI is InChI=1S/C15H25N3O6S/c1-9(16)13(21)24-11-12(20)18-5-4-10(19)17-6-7-25-14(22)23-8-15(11,2)3/h9,11H,4-8,16H2,1-3H3,(H,17,19)(H,18,20)/t9-,11-/m0/s1. The molecular weight excluding hydrogens is 350 g/mol. The summed E-state index contributed by atoms with van der Waals surface area (Å²) in [5, 5.41) is 4.66. The van der Waals surface area contributed by atoms with Crippen molar-refractivity contribution in [1.29, 1.82) is 0 Å². The molecule has 0 aromatic carbocycles. The minimum atomic E-state index is -1.21. The molecule has 25 heavy (non-hydrogen) atoms. The van der Waals surface area contributed by atoms with Crippen molar-refractivity contribution in [1.82, 2.24) is 10.6 Å². The lowest BCUT2D eigenvalue weighted by Gasteiger charge is -2.32. The van der Waals surface area contributed by atoms with Crippen LogP contribution in [0.25, 0.3) is 0 Å². The number of nitrogens with two attached hydrogens (primary N) is 1. The molecule has 0 bridgehead atoms. The van der Waals surface area contributed by atoms with Crippen LogP contribution in [0.2, 0.25) is 0 Å². The number of amides is 2. The molecule has 0 radical (unpaired) electrons. The Morgan fingerprint density at radius 3 is 2.64 bits per heavy atom. The Hall–Kier alpha value is -1.81. The molecule has 0 aliphatic carbocycles. The highest BCUT2D eigenvalue weighted by Crippen LogP contribution is 2.26. The predicted molar refractivity (Wildman–Crippen MR) is 91.8 cm³/mol. The third-order valence-corrected chi connectivity index (χ3v) is 4.17. The summed E-state index contributed by atoms with van der Waals surface area (Å²) >= 11 is 0.922. The molecule has 1 fully saturated rings. The van der Waals surface area contributed by atoms with Crippen molar-refractivity contribution in [3.8, 4) is 0 Å². The van der Waals surface area contributed by atoms with Crippen LogP contribution in [0.15, 0.2) is 0 Å². The van der Waals surface area contributed by atoms with Crippen molar-refractivity contribution in [3.05, 3.63) is 0 Å². The van der Waals surface area contributed by atoms with Gasteiger partial charge in [-0.15, -0.1) is 0 Å². The highest BCUT2D eigenvalue weighted by atomic mass is 32.2. The maximum Gasteiger partial charge on any atom is 0.367 e. The summed E-state index contributed by atoms with van der Waals surface area (Å²) in [5.41, 5.74) is 4.51. The molecule has 1 heterocycles. The molecule has 0 aromatic heterocycles. The van der Waals surface area contributed by atoms with Gasteiger partial charge in [0.1, 0.15) is 12.6 Å². The van der Waals surface area contributed by atoms with Crippen LogP contribution in [-0.2, 0) is 23.9 Å². The second-order valence-corrected chi connectivity index (χ2v) is 7.40. The molecule has 0 saturated carbocycles. The quantitative estimate of drug-likeness (QED) is 0.563. The van der Waals surface area contributed by atoms with Crippen molar-refractivity contribution in [2.24, 2.45) is 11.1 Å². The summed E-state index contributed by atoms with van der Waals surface area (Å²) in [7, 11) is 0. The minimum Gasteiger partial charge on any atom is -0.457 e. The Morgan fingerprint density at radius 1 is 1.32 bits per heavy atom. The van der Waals surface area contributed by atoms with Crippen LogP contribution < -0.4 is 16.4 Å². The molecule has 9 nitrogen and oxygen atoms in total. The predicted octanol–water partition coefficient (Wildman–Crippen LogP) is -0.222. The number of nitrogens with one attached hydrogen (secondary N) is 2. The number of hydrogen-bond donors (Lipinski definition) is 3. The molecule has 0 spiro atoms. The Kier molecular flexibility index (Phi) is 8.17. The van der Waals surface area contributed by atoms with Crippen molar-refractivity contribution in [2.75, 3.05) is 25.4 Å². The van der Waals surface area contributed by atoms with E-state index in [0.29, 0.717) is 12.3 Å². The number of cyclic esters (lactones) is 1. The SMILES string of the molecule is C[C@H](N)C(=O)O[C@H]1C(=O)NCCC(=O)NCCSC(=O)OCC1(C)C. The molecule has 0 aromatic rings. The summed E-state index contributed by atoms with van der Waals surface area (Å²) in [6.07, 6.45) is -1.13.